The average molecular weight is 320 g/mol. The van der Waals surface area contributed by atoms with Crippen LogP contribution in [-0.2, 0) is 13.0 Å². The molecule has 0 saturated heterocycles. The van der Waals surface area contributed by atoms with Crippen molar-refractivity contribution in [2.45, 2.75) is 19.9 Å². The third kappa shape index (κ3) is 3.74. The minimum atomic E-state index is 0.823. The van der Waals surface area contributed by atoms with E-state index >= 15 is 0 Å². The number of anilines is 1. The van der Waals surface area contributed by atoms with E-state index < -0.39 is 0 Å². The standard InChI is InChI=1S/C16H18BrNO/c1-3-12-6-4-5-7-13(12)11-18-15-8-14(17)9-16(10-15)19-2/h4-10,18H,3,11H2,1-2H3. The van der Waals surface area contributed by atoms with E-state index in [0.29, 0.717) is 0 Å². The Kier molecular flexibility index (Phi) is 4.86. The lowest BCUT2D eigenvalue weighted by atomic mass is 10.1. The molecule has 0 amide bonds. The summed E-state index contributed by atoms with van der Waals surface area (Å²) in [6.45, 7) is 3.00. The Balaban J connectivity index is 2.12. The molecule has 2 nitrogen and oxygen atoms in total. The molecule has 0 atom stereocenters. The molecule has 0 fully saturated rings. The van der Waals surface area contributed by atoms with Crippen LogP contribution in [0.5, 0.6) is 5.75 Å². The van der Waals surface area contributed by atoms with Gasteiger partial charge in [-0.2, -0.15) is 0 Å². The zero-order chi connectivity index (χ0) is 13.7. The molecule has 19 heavy (non-hydrogen) atoms. The molecule has 0 bridgehead atoms. The second-order valence-corrected chi connectivity index (χ2v) is 5.27. The first-order valence-electron chi connectivity index (χ1n) is 6.38. The Morgan fingerprint density at radius 2 is 1.84 bits per heavy atom. The van der Waals surface area contributed by atoms with E-state index in [2.05, 4.69) is 58.5 Å². The number of aryl methyl sites for hydroxylation is 1. The number of hydrogen-bond donors (Lipinski definition) is 1. The predicted molar refractivity (Wildman–Crippen MR) is 83.8 cm³/mol. The van der Waals surface area contributed by atoms with Crippen LogP contribution in [0.4, 0.5) is 5.69 Å². The molecule has 0 aliphatic rings. The number of nitrogens with one attached hydrogen (secondary N) is 1. The minimum Gasteiger partial charge on any atom is -0.497 e. The van der Waals surface area contributed by atoms with Gasteiger partial charge in [0.25, 0.3) is 0 Å². The highest BCUT2D eigenvalue weighted by atomic mass is 79.9. The van der Waals surface area contributed by atoms with Gasteiger partial charge in [0.05, 0.1) is 7.11 Å². The van der Waals surface area contributed by atoms with Crippen molar-refractivity contribution >= 4 is 21.6 Å². The zero-order valence-electron chi connectivity index (χ0n) is 11.2. The number of hydrogen-bond acceptors (Lipinski definition) is 2. The first kappa shape index (κ1) is 13.9. The highest BCUT2D eigenvalue weighted by Crippen LogP contribution is 2.25. The summed E-state index contributed by atoms with van der Waals surface area (Å²) in [6.07, 6.45) is 1.06. The highest BCUT2D eigenvalue weighted by Gasteiger charge is 2.02. The molecule has 0 heterocycles. The first-order valence-corrected chi connectivity index (χ1v) is 7.17. The molecule has 3 heteroatoms. The summed E-state index contributed by atoms with van der Waals surface area (Å²) >= 11 is 3.49. The van der Waals surface area contributed by atoms with Crippen molar-refractivity contribution in [2.24, 2.45) is 0 Å². The van der Waals surface area contributed by atoms with Gasteiger partial charge in [-0.3, -0.25) is 0 Å². The van der Waals surface area contributed by atoms with Gasteiger partial charge in [0.1, 0.15) is 5.75 Å². The fourth-order valence-corrected chi connectivity index (χ4v) is 2.53. The van der Waals surface area contributed by atoms with Crippen LogP contribution in [0.1, 0.15) is 18.1 Å². The van der Waals surface area contributed by atoms with Crippen LogP contribution in [0, 0.1) is 0 Å². The molecule has 0 saturated carbocycles. The topological polar surface area (TPSA) is 21.3 Å². The van der Waals surface area contributed by atoms with Crippen molar-refractivity contribution in [3.63, 3.8) is 0 Å². The van der Waals surface area contributed by atoms with Gasteiger partial charge >= 0.3 is 0 Å². The van der Waals surface area contributed by atoms with Gasteiger partial charge in [-0.25, -0.2) is 0 Å². The van der Waals surface area contributed by atoms with Crippen LogP contribution in [0.15, 0.2) is 46.9 Å². The SMILES string of the molecule is CCc1ccccc1CNc1cc(Br)cc(OC)c1. The fourth-order valence-electron chi connectivity index (χ4n) is 2.05. The lowest BCUT2D eigenvalue weighted by Crippen LogP contribution is -2.02. The Hall–Kier alpha value is -1.48. The largest absolute Gasteiger partial charge is 0.497 e. The summed E-state index contributed by atoms with van der Waals surface area (Å²) in [5.74, 6) is 0.848. The lowest BCUT2D eigenvalue weighted by molar-refractivity contribution is 0.414. The Morgan fingerprint density at radius 1 is 1.11 bits per heavy atom. The predicted octanol–water partition coefficient (Wildman–Crippen LogP) is 4.63. The Bertz CT molecular complexity index is 554. The monoisotopic (exact) mass is 319 g/mol. The molecular weight excluding hydrogens is 302 g/mol. The molecule has 0 aromatic heterocycles. The summed E-state index contributed by atoms with van der Waals surface area (Å²) < 4.78 is 6.27. The summed E-state index contributed by atoms with van der Waals surface area (Å²) in [6, 6.07) is 14.5. The molecule has 0 aliphatic carbocycles. The molecule has 0 radical (unpaired) electrons. The van der Waals surface area contributed by atoms with Crippen LogP contribution in [0.3, 0.4) is 0 Å². The van der Waals surface area contributed by atoms with E-state index in [4.69, 9.17) is 4.74 Å². The number of methoxy groups -OCH3 is 1. The molecule has 0 unspecified atom stereocenters. The normalized spacial score (nSPS) is 10.3. The minimum absolute atomic E-state index is 0.823. The second kappa shape index (κ2) is 6.62. The summed E-state index contributed by atoms with van der Waals surface area (Å²) in [5, 5.41) is 3.44. The second-order valence-electron chi connectivity index (χ2n) is 4.36. The highest BCUT2D eigenvalue weighted by molar-refractivity contribution is 9.10. The third-order valence-electron chi connectivity index (χ3n) is 3.09. The molecule has 0 aliphatic heterocycles. The van der Waals surface area contributed by atoms with Gasteiger partial charge in [-0.1, -0.05) is 47.1 Å². The average Bonchev–Trinajstić information content (AvgIpc) is 2.44. The van der Waals surface area contributed by atoms with Crippen LogP contribution in [0.2, 0.25) is 0 Å². The zero-order valence-corrected chi connectivity index (χ0v) is 12.8. The Morgan fingerprint density at radius 3 is 2.53 bits per heavy atom. The van der Waals surface area contributed by atoms with Crippen molar-refractivity contribution in [3.8, 4) is 5.75 Å². The van der Waals surface area contributed by atoms with Gasteiger partial charge in [0, 0.05) is 22.8 Å². The van der Waals surface area contributed by atoms with Crippen molar-refractivity contribution < 1.29 is 4.74 Å². The maximum atomic E-state index is 5.26. The quantitative estimate of drug-likeness (QED) is 0.867. The maximum absolute atomic E-state index is 5.26. The summed E-state index contributed by atoms with van der Waals surface area (Å²) in [4.78, 5) is 0. The number of halogens is 1. The van der Waals surface area contributed by atoms with Gasteiger partial charge in [-0.05, 0) is 29.7 Å². The van der Waals surface area contributed by atoms with Crippen molar-refractivity contribution in [1.29, 1.82) is 0 Å². The van der Waals surface area contributed by atoms with Crippen LogP contribution in [-0.4, -0.2) is 7.11 Å². The lowest BCUT2D eigenvalue weighted by Gasteiger charge is -2.11. The molecular formula is C16H18BrNO. The molecule has 2 aromatic rings. The number of ether oxygens (including phenoxy) is 1. The van der Waals surface area contributed by atoms with Crippen LogP contribution in [0.25, 0.3) is 0 Å². The summed E-state index contributed by atoms with van der Waals surface area (Å²) in [7, 11) is 1.68. The Labute approximate surface area is 122 Å². The first-order chi connectivity index (χ1) is 9.22. The molecule has 2 aromatic carbocycles. The van der Waals surface area contributed by atoms with Crippen LogP contribution < -0.4 is 10.1 Å². The van der Waals surface area contributed by atoms with Gasteiger partial charge in [-0.15, -0.1) is 0 Å². The molecule has 1 N–H and O–H groups in total. The van der Waals surface area contributed by atoms with Crippen molar-refractivity contribution in [1.82, 2.24) is 0 Å². The maximum Gasteiger partial charge on any atom is 0.122 e. The third-order valence-corrected chi connectivity index (χ3v) is 3.55. The van der Waals surface area contributed by atoms with E-state index in [1.54, 1.807) is 7.11 Å². The van der Waals surface area contributed by atoms with E-state index in [-0.39, 0.29) is 0 Å². The van der Waals surface area contributed by atoms with Crippen molar-refractivity contribution in [2.75, 3.05) is 12.4 Å². The van der Waals surface area contributed by atoms with Gasteiger partial charge < -0.3 is 10.1 Å². The van der Waals surface area contributed by atoms with Crippen molar-refractivity contribution in [3.05, 3.63) is 58.1 Å². The molecule has 100 valence electrons. The summed E-state index contributed by atoms with van der Waals surface area (Å²) in [5.41, 5.74) is 3.78. The number of benzene rings is 2. The number of rotatable bonds is 5. The smallest absolute Gasteiger partial charge is 0.122 e. The van der Waals surface area contributed by atoms with E-state index in [9.17, 15) is 0 Å². The van der Waals surface area contributed by atoms with E-state index in [1.165, 1.54) is 11.1 Å². The molecule has 0 spiro atoms. The van der Waals surface area contributed by atoms with Gasteiger partial charge in [0.15, 0.2) is 0 Å². The fraction of sp³-hybridized carbons (Fsp3) is 0.250. The van der Waals surface area contributed by atoms with Crippen LogP contribution >= 0.6 is 15.9 Å². The van der Waals surface area contributed by atoms with E-state index in [0.717, 1.165) is 28.9 Å². The van der Waals surface area contributed by atoms with E-state index in [1.807, 2.05) is 12.1 Å². The van der Waals surface area contributed by atoms with Gasteiger partial charge in [0.2, 0.25) is 0 Å². The molecule has 2 rings (SSSR count).